The van der Waals surface area contributed by atoms with Crippen molar-refractivity contribution in [1.29, 1.82) is 0 Å². The second-order valence-electron chi connectivity index (χ2n) is 7.32. The van der Waals surface area contributed by atoms with Gasteiger partial charge in [-0.2, -0.15) is 0 Å². The van der Waals surface area contributed by atoms with E-state index in [0.717, 1.165) is 23.4 Å². The van der Waals surface area contributed by atoms with Gasteiger partial charge >= 0.3 is 0 Å². The Bertz CT molecular complexity index is 739. The third-order valence-corrected chi connectivity index (χ3v) is 6.06. The molecule has 1 aliphatic rings. The van der Waals surface area contributed by atoms with Gasteiger partial charge in [0, 0.05) is 17.4 Å². The molecule has 1 aliphatic carbocycles. The maximum absolute atomic E-state index is 12.2. The average molecular weight is 373 g/mol. The number of oxazole rings is 1. The van der Waals surface area contributed by atoms with Crippen molar-refractivity contribution >= 4 is 17.7 Å². The average Bonchev–Trinajstić information content (AvgIpc) is 2.98. The maximum Gasteiger partial charge on any atom is 0.230 e. The summed E-state index contributed by atoms with van der Waals surface area (Å²) in [5, 5.41) is 3.20. The molecule has 1 fully saturated rings. The molecular formula is C21H28N2O2S. The maximum atomic E-state index is 12.2. The molecule has 1 amide bonds. The van der Waals surface area contributed by atoms with Crippen molar-refractivity contribution in [3.05, 3.63) is 41.3 Å². The number of rotatable bonds is 6. The van der Waals surface area contributed by atoms with Gasteiger partial charge < -0.3 is 9.73 Å². The summed E-state index contributed by atoms with van der Waals surface area (Å²) in [5.41, 5.74) is 3.12. The highest BCUT2D eigenvalue weighted by molar-refractivity contribution is 7.99. The molecule has 4 nitrogen and oxygen atoms in total. The number of carbonyl (C=O) groups is 1. The van der Waals surface area contributed by atoms with Gasteiger partial charge in [-0.05, 0) is 44.7 Å². The van der Waals surface area contributed by atoms with E-state index in [0.29, 0.717) is 29.4 Å². The predicted molar refractivity (Wildman–Crippen MR) is 107 cm³/mol. The zero-order chi connectivity index (χ0) is 18.5. The van der Waals surface area contributed by atoms with Crippen molar-refractivity contribution in [3.63, 3.8) is 0 Å². The molecule has 5 heteroatoms. The molecule has 0 aliphatic heterocycles. The van der Waals surface area contributed by atoms with Gasteiger partial charge in [0.05, 0.1) is 11.4 Å². The van der Waals surface area contributed by atoms with Crippen LogP contribution in [0.25, 0.3) is 11.5 Å². The van der Waals surface area contributed by atoms with Crippen LogP contribution in [0.2, 0.25) is 0 Å². The van der Waals surface area contributed by atoms with Crippen LogP contribution in [0, 0.1) is 19.8 Å². The highest BCUT2D eigenvalue weighted by Gasteiger charge is 2.22. The molecule has 1 aromatic carbocycles. The number of nitrogens with one attached hydrogen (secondary N) is 1. The second kappa shape index (κ2) is 8.76. The molecule has 0 spiro atoms. The Hall–Kier alpha value is -1.75. The third-order valence-electron chi connectivity index (χ3n) is 5.12. The normalized spacial score (nSPS) is 20.1. The van der Waals surface area contributed by atoms with Crippen molar-refractivity contribution in [2.75, 3.05) is 5.75 Å². The van der Waals surface area contributed by atoms with Crippen LogP contribution in [0.15, 0.2) is 28.7 Å². The summed E-state index contributed by atoms with van der Waals surface area (Å²) in [5.74, 6) is 3.36. The highest BCUT2D eigenvalue weighted by Crippen LogP contribution is 2.25. The summed E-state index contributed by atoms with van der Waals surface area (Å²) in [7, 11) is 0. The van der Waals surface area contributed by atoms with Gasteiger partial charge in [0.25, 0.3) is 0 Å². The fraction of sp³-hybridized carbons (Fsp3) is 0.524. The van der Waals surface area contributed by atoms with E-state index in [4.69, 9.17) is 4.42 Å². The van der Waals surface area contributed by atoms with Crippen LogP contribution in [0.1, 0.15) is 49.6 Å². The molecule has 1 N–H and O–H groups in total. The van der Waals surface area contributed by atoms with E-state index >= 15 is 0 Å². The number of hydrogen-bond donors (Lipinski definition) is 1. The first-order chi connectivity index (χ1) is 12.5. The van der Waals surface area contributed by atoms with Gasteiger partial charge in [-0.15, -0.1) is 11.8 Å². The van der Waals surface area contributed by atoms with E-state index in [1.807, 2.05) is 19.1 Å². The van der Waals surface area contributed by atoms with Gasteiger partial charge in [-0.1, -0.05) is 37.5 Å². The fourth-order valence-electron chi connectivity index (χ4n) is 3.40. The van der Waals surface area contributed by atoms with Crippen molar-refractivity contribution in [2.24, 2.45) is 5.92 Å². The lowest BCUT2D eigenvalue weighted by atomic mass is 9.86. The molecule has 26 heavy (non-hydrogen) atoms. The zero-order valence-electron chi connectivity index (χ0n) is 15.9. The van der Waals surface area contributed by atoms with E-state index in [9.17, 15) is 4.79 Å². The molecule has 0 bridgehead atoms. The van der Waals surface area contributed by atoms with E-state index in [-0.39, 0.29) is 5.91 Å². The number of benzene rings is 1. The minimum absolute atomic E-state index is 0.133. The fourth-order valence-corrected chi connectivity index (χ4v) is 4.23. The summed E-state index contributed by atoms with van der Waals surface area (Å²) < 4.78 is 5.81. The lowest BCUT2D eigenvalue weighted by Crippen LogP contribution is -2.41. The number of aromatic nitrogens is 1. The molecule has 0 radical (unpaired) electrons. The number of carbonyl (C=O) groups excluding carboxylic acids is 1. The van der Waals surface area contributed by atoms with E-state index in [1.54, 1.807) is 11.8 Å². The first kappa shape index (κ1) is 19.0. The van der Waals surface area contributed by atoms with Gasteiger partial charge in [0.15, 0.2) is 0 Å². The Balaban J connectivity index is 1.50. The van der Waals surface area contributed by atoms with Crippen LogP contribution in [0.3, 0.4) is 0 Å². The van der Waals surface area contributed by atoms with Crippen LogP contribution in [-0.2, 0) is 10.5 Å². The minimum atomic E-state index is 0.133. The van der Waals surface area contributed by atoms with Gasteiger partial charge in [0.2, 0.25) is 11.8 Å². The lowest BCUT2D eigenvalue weighted by Gasteiger charge is -2.29. The summed E-state index contributed by atoms with van der Waals surface area (Å²) in [4.78, 5) is 16.8. The molecular weight excluding hydrogens is 344 g/mol. The first-order valence-electron chi connectivity index (χ1n) is 9.43. The van der Waals surface area contributed by atoms with Crippen molar-refractivity contribution in [2.45, 2.75) is 58.2 Å². The summed E-state index contributed by atoms with van der Waals surface area (Å²) in [6.45, 7) is 6.23. The quantitative estimate of drug-likeness (QED) is 0.785. The van der Waals surface area contributed by atoms with Crippen molar-refractivity contribution in [1.82, 2.24) is 10.3 Å². The van der Waals surface area contributed by atoms with Gasteiger partial charge in [-0.3, -0.25) is 4.79 Å². The first-order valence-corrected chi connectivity index (χ1v) is 10.6. The van der Waals surface area contributed by atoms with E-state index in [2.05, 4.69) is 36.3 Å². The van der Waals surface area contributed by atoms with Crippen LogP contribution in [0.5, 0.6) is 0 Å². The van der Waals surface area contributed by atoms with Crippen LogP contribution < -0.4 is 5.32 Å². The summed E-state index contributed by atoms with van der Waals surface area (Å²) >= 11 is 1.59. The Kier molecular flexibility index (Phi) is 6.41. The molecule has 0 saturated heterocycles. The minimum Gasteiger partial charge on any atom is -0.441 e. The number of aryl methyl sites for hydroxylation is 2. The SMILES string of the molecule is Cc1ccc(-c2nc(CSCC(=O)N[C@H]3CCCC[C@@H]3C)c(C)o2)cc1. The standard InChI is InChI=1S/C21H28N2O2S/c1-14-8-10-17(11-9-14)21-23-19(16(3)25-21)12-26-13-20(24)22-18-7-5-4-6-15(18)2/h8-11,15,18H,4-7,12-13H2,1-3H3,(H,22,24)/t15-,18-/m0/s1. The van der Waals surface area contributed by atoms with Crippen molar-refractivity contribution in [3.8, 4) is 11.5 Å². The smallest absolute Gasteiger partial charge is 0.230 e. The monoisotopic (exact) mass is 372 g/mol. The Morgan fingerprint density at radius 3 is 2.69 bits per heavy atom. The number of thioether (sulfide) groups is 1. The molecule has 2 aromatic rings. The summed E-state index contributed by atoms with van der Waals surface area (Å²) in [6, 6.07) is 8.51. The number of nitrogens with zero attached hydrogens (tertiary/aromatic N) is 1. The van der Waals surface area contributed by atoms with E-state index in [1.165, 1.54) is 24.8 Å². The molecule has 0 unspecified atom stereocenters. The molecule has 140 valence electrons. The number of amides is 1. The largest absolute Gasteiger partial charge is 0.441 e. The van der Waals surface area contributed by atoms with Crippen LogP contribution >= 0.6 is 11.8 Å². The van der Waals surface area contributed by atoms with Gasteiger partial charge in [0.1, 0.15) is 5.76 Å². The molecule has 1 heterocycles. The lowest BCUT2D eigenvalue weighted by molar-refractivity contribution is -0.119. The van der Waals surface area contributed by atoms with Crippen LogP contribution in [0.4, 0.5) is 0 Å². The van der Waals surface area contributed by atoms with E-state index < -0.39 is 0 Å². The second-order valence-corrected chi connectivity index (χ2v) is 8.30. The van der Waals surface area contributed by atoms with Gasteiger partial charge in [-0.25, -0.2) is 4.98 Å². The van der Waals surface area contributed by atoms with Crippen LogP contribution in [-0.4, -0.2) is 22.7 Å². The Labute approximate surface area is 160 Å². The third kappa shape index (κ3) is 4.91. The number of hydrogen-bond acceptors (Lipinski definition) is 4. The molecule has 1 saturated carbocycles. The van der Waals surface area contributed by atoms with Crippen molar-refractivity contribution < 1.29 is 9.21 Å². The zero-order valence-corrected chi connectivity index (χ0v) is 16.7. The Morgan fingerprint density at radius 1 is 1.23 bits per heavy atom. The highest BCUT2D eigenvalue weighted by atomic mass is 32.2. The predicted octanol–water partition coefficient (Wildman–Crippen LogP) is 4.89. The Morgan fingerprint density at radius 2 is 1.96 bits per heavy atom. The topological polar surface area (TPSA) is 55.1 Å². The molecule has 1 aromatic heterocycles. The molecule has 3 rings (SSSR count). The summed E-state index contributed by atoms with van der Waals surface area (Å²) in [6.07, 6.45) is 4.84. The molecule has 2 atom stereocenters.